The van der Waals surface area contributed by atoms with Crippen molar-refractivity contribution in [2.45, 2.75) is 33.4 Å². The van der Waals surface area contributed by atoms with Crippen LogP contribution in [0.4, 0.5) is 0 Å². The van der Waals surface area contributed by atoms with E-state index >= 15 is 0 Å². The van der Waals surface area contributed by atoms with Crippen molar-refractivity contribution in [3.63, 3.8) is 0 Å². The van der Waals surface area contributed by atoms with Gasteiger partial charge in [-0.25, -0.2) is 0 Å². The molecule has 0 spiro atoms. The summed E-state index contributed by atoms with van der Waals surface area (Å²) in [5.41, 5.74) is 2.36. The van der Waals surface area contributed by atoms with Crippen molar-refractivity contribution >= 4 is 0 Å². The number of nitrogens with one attached hydrogen (secondary N) is 1. The maximum atomic E-state index is 5.42. The average molecular weight is 255 g/mol. The van der Waals surface area contributed by atoms with Crippen molar-refractivity contribution < 1.29 is 9.47 Å². The number of nitrogens with zero attached hydrogens (tertiary/aromatic N) is 2. The summed E-state index contributed by atoms with van der Waals surface area (Å²) >= 11 is 0. The second kappa shape index (κ2) is 9.08. The molecule has 0 bridgehead atoms. The second-order valence-electron chi connectivity index (χ2n) is 4.28. The molecule has 0 radical (unpaired) electrons. The van der Waals surface area contributed by atoms with E-state index in [-0.39, 0.29) is 0 Å². The molecule has 0 aliphatic rings. The van der Waals surface area contributed by atoms with Gasteiger partial charge in [0.1, 0.15) is 0 Å². The molecular formula is C13H25N3O2. The van der Waals surface area contributed by atoms with Gasteiger partial charge < -0.3 is 14.8 Å². The minimum atomic E-state index is 0.641. The summed E-state index contributed by atoms with van der Waals surface area (Å²) < 4.78 is 12.3. The molecule has 0 aromatic carbocycles. The third kappa shape index (κ3) is 5.62. The predicted octanol–water partition coefficient (Wildman–Crippen LogP) is 1.35. The second-order valence-corrected chi connectivity index (χ2v) is 4.28. The first kappa shape index (κ1) is 15.1. The zero-order chi connectivity index (χ0) is 13.2. The molecule has 1 N–H and O–H groups in total. The number of aryl methyl sites for hydroxylation is 1. The van der Waals surface area contributed by atoms with Crippen LogP contribution >= 0.6 is 0 Å². The van der Waals surface area contributed by atoms with Crippen molar-refractivity contribution in [3.05, 3.63) is 17.5 Å². The quantitative estimate of drug-likeness (QED) is 0.641. The number of ether oxygens (including phenoxy) is 2. The number of methoxy groups -OCH3 is 1. The lowest BCUT2D eigenvalue weighted by Crippen LogP contribution is -2.14. The first-order chi connectivity index (χ1) is 8.77. The van der Waals surface area contributed by atoms with E-state index in [4.69, 9.17) is 9.47 Å². The van der Waals surface area contributed by atoms with Gasteiger partial charge in [-0.05, 0) is 19.9 Å². The molecule has 1 rings (SSSR count). The normalized spacial score (nSPS) is 11.1. The number of aromatic nitrogens is 2. The number of hydrogen-bond acceptors (Lipinski definition) is 4. The molecule has 0 saturated heterocycles. The molecule has 5 nitrogen and oxygen atoms in total. The molecule has 1 heterocycles. The maximum Gasteiger partial charge on any atom is 0.0701 e. The van der Waals surface area contributed by atoms with Crippen molar-refractivity contribution in [1.29, 1.82) is 0 Å². The largest absolute Gasteiger partial charge is 0.382 e. The Morgan fingerprint density at radius 2 is 2.17 bits per heavy atom. The van der Waals surface area contributed by atoms with Crippen LogP contribution in [-0.4, -0.2) is 43.3 Å². The van der Waals surface area contributed by atoms with Gasteiger partial charge >= 0.3 is 0 Å². The minimum absolute atomic E-state index is 0.641. The summed E-state index contributed by atoms with van der Waals surface area (Å²) in [6, 6.07) is 0. The fourth-order valence-corrected chi connectivity index (χ4v) is 1.65. The Morgan fingerprint density at radius 1 is 1.33 bits per heavy atom. The highest BCUT2D eigenvalue weighted by molar-refractivity contribution is 5.14. The molecule has 104 valence electrons. The van der Waals surface area contributed by atoms with E-state index in [1.165, 1.54) is 5.56 Å². The fraction of sp³-hybridized carbons (Fsp3) is 0.769. The summed E-state index contributed by atoms with van der Waals surface area (Å²) in [7, 11) is 1.68. The number of hydrogen-bond donors (Lipinski definition) is 1. The van der Waals surface area contributed by atoms with Crippen LogP contribution in [0.5, 0.6) is 0 Å². The van der Waals surface area contributed by atoms with E-state index in [1.807, 2.05) is 11.6 Å². The van der Waals surface area contributed by atoms with E-state index < -0.39 is 0 Å². The zero-order valence-electron chi connectivity index (χ0n) is 11.7. The van der Waals surface area contributed by atoms with Crippen LogP contribution in [0, 0.1) is 6.92 Å². The third-order valence-electron chi connectivity index (χ3n) is 2.69. The summed E-state index contributed by atoms with van der Waals surface area (Å²) in [5, 5.41) is 7.86. The Hall–Kier alpha value is -0.910. The van der Waals surface area contributed by atoms with Gasteiger partial charge in [0.15, 0.2) is 0 Å². The molecular weight excluding hydrogens is 230 g/mol. The van der Waals surface area contributed by atoms with E-state index in [9.17, 15) is 0 Å². The van der Waals surface area contributed by atoms with Gasteiger partial charge in [0.05, 0.1) is 32.1 Å². The summed E-state index contributed by atoms with van der Waals surface area (Å²) in [6.45, 7) is 8.90. The molecule has 0 atom stereocenters. The SMILES string of the molecule is CCCNCc1cn(CCOCCOC)nc1C. The van der Waals surface area contributed by atoms with Crippen LogP contribution in [0.1, 0.15) is 24.6 Å². The Bertz CT molecular complexity index is 326. The fourth-order valence-electron chi connectivity index (χ4n) is 1.65. The van der Waals surface area contributed by atoms with Crippen molar-refractivity contribution in [3.8, 4) is 0 Å². The summed E-state index contributed by atoms with van der Waals surface area (Å²) in [4.78, 5) is 0. The van der Waals surface area contributed by atoms with Crippen LogP contribution in [0.3, 0.4) is 0 Å². The molecule has 0 aliphatic heterocycles. The molecule has 5 heteroatoms. The lowest BCUT2D eigenvalue weighted by molar-refractivity contribution is 0.0654. The lowest BCUT2D eigenvalue weighted by Gasteiger charge is -2.03. The van der Waals surface area contributed by atoms with E-state index in [2.05, 4.69) is 23.5 Å². The average Bonchev–Trinajstić information content (AvgIpc) is 2.70. The van der Waals surface area contributed by atoms with Gasteiger partial charge in [-0.3, -0.25) is 4.68 Å². The van der Waals surface area contributed by atoms with Gasteiger partial charge in [0, 0.05) is 25.4 Å². The van der Waals surface area contributed by atoms with E-state index in [0.717, 1.165) is 31.7 Å². The summed E-state index contributed by atoms with van der Waals surface area (Å²) in [6.07, 6.45) is 3.25. The highest BCUT2D eigenvalue weighted by atomic mass is 16.5. The van der Waals surface area contributed by atoms with Crippen molar-refractivity contribution in [1.82, 2.24) is 15.1 Å². The zero-order valence-corrected chi connectivity index (χ0v) is 11.7. The highest BCUT2D eigenvalue weighted by Gasteiger charge is 2.04. The summed E-state index contributed by atoms with van der Waals surface area (Å²) in [5.74, 6) is 0. The third-order valence-corrected chi connectivity index (χ3v) is 2.69. The van der Waals surface area contributed by atoms with Gasteiger partial charge in [-0.1, -0.05) is 6.92 Å². The Labute approximate surface area is 109 Å². The van der Waals surface area contributed by atoms with Gasteiger partial charge in [0.25, 0.3) is 0 Å². The highest BCUT2D eigenvalue weighted by Crippen LogP contribution is 2.05. The molecule has 0 saturated carbocycles. The monoisotopic (exact) mass is 255 g/mol. The first-order valence-electron chi connectivity index (χ1n) is 6.58. The van der Waals surface area contributed by atoms with Crippen LogP contribution in [0.15, 0.2) is 6.20 Å². The van der Waals surface area contributed by atoms with Gasteiger partial charge in [-0.2, -0.15) is 5.10 Å². The topological polar surface area (TPSA) is 48.3 Å². The molecule has 0 aliphatic carbocycles. The van der Waals surface area contributed by atoms with Crippen molar-refractivity contribution in [2.24, 2.45) is 0 Å². The van der Waals surface area contributed by atoms with Crippen LogP contribution in [-0.2, 0) is 22.6 Å². The van der Waals surface area contributed by atoms with Crippen molar-refractivity contribution in [2.75, 3.05) is 33.5 Å². The molecule has 1 aromatic heterocycles. The Kier molecular flexibility index (Phi) is 7.64. The van der Waals surface area contributed by atoms with Gasteiger partial charge in [-0.15, -0.1) is 0 Å². The Morgan fingerprint density at radius 3 is 2.89 bits per heavy atom. The van der Waals surface area contributed by atoms with E-state index in [1.54, 1.807) is 7.11 Å². The van der Waals surface area contributed by atoms with Crippen LogP contribution in [0.25, 0.3) is 0 Å². The van der Waals surface area contributed by atoms with E-state index in [0.29, 0.717) is 19.8 Å². The molecule has 0 fully saturated rings. The lowest BCUT2D eigenvalue weighted by atomic mass is 10.2. The maximum absolute atomic E-state index is 5.42. The van der Waals surface area contributed by atoms with Gasteiger partial charge in [0.2, 0.25) is 0 Å². The number of rotatable bonds is 10. The molecule has 0 unspecified atom stereocenters. The minimum Gasteiger partial charge on any atom is -0.382 e. The van der Waals surface area contributed by atoms with Crippen LogP contribution in [0.2, 0.25) is 0 Å². The smallest absolute Gasteiger partial charge is 0.0701 e. The molecule has 0 amide bonds. The van der Waals surface area contributed by atoms with Crippen LogP contribution < -0.4 is 5.32 Å². The predicted molar refractivity (Wildman–Crippen MR) is 71.7 cm³/mol. The molecule has 18 heavy (non-hydrogen) atoms. The standard InChI is InChI=1S/C13H25N3O2/c1-4-5-14-10-13-11-16(15-12(13)2)6-7-18-9-8-17-3/h11,14H,4-10H2,1-3H3. The Balaban J connectivity index is 2.27. The molecule has 1 aromatic rings. The first-order valence-corrected chi connectivity index (χ1v) is 6.58.